The van der Waals surface area contributed by atoms with E-state index < -0.39 is 21.8 Å². The van der Waals surface area contributed by atoms with E-state index in [1.165, 1.54) is 25.2 Å². The summed E-state index contributed by atoms with van der Waals surface area (Å²) in [5.41, 5.74) is 6.08. The molecule has 10 heteroatoms. The number of carbonyl (C=O) groups excluding carboxylic acids is 2. The number of nitrogen functional groups attached to an aromatic ring is 1. The summed E-state index contributed by atoms with van der Waals surface area (Å²) in [7, 11) is -2.90. The fourth-order valence-corrected chi connectivity index (χ4v) is 3.25. The lowest BCUT2D eigenvalue weighted by Gasteiger charge is -2.05. The molecule has 4 N–H and O–H groups in total. The van der Waals surface area contributed by atoms with Crippen molar-refractivity contribution in [3.05, 3.63) is 18.2 Å². The first kappa shape index (κ1) is 14.2. The Hall–Kier alpha value is -2.20. The minimum absolute atomic E-state index is 0.147. The molecule has 0 fully saturated rings. The quantitative estimate of drug-likeness (QED) is 0.636. The van der Waals surface area contributed by atoms with Crippen LogP contribution in [-0.4, -0.2) is 32.3 Å². The molecule has 0 aliphatic rings. The Balaban J connectivity index is 2.36. The van der Waals surface area contributed by atoms with E-state index in [0.29, 0.717) is 15.3 Å². The summed E-state index contributed by atoms with van der Waals surface area (Å²) < 4.78 is 26.1. The number of nitrogens with zero attached hydrogens (tertiary/aromatic N) is 1. The Bertz CT molecular complexity index is 797. The van der Waals surface area contributed by atoms with Gasteiger partial charge in [0.15, 0.2) is 5.13 Å². The van der Waals surface area contributed by atoms with E-state index in [0.717, 1.165) is 11.3 Å². The van der Waals surface area contributed by atoms with Gasteiger partial charge in [-0.1, -0.05) is 11.3 Å². The molecule has 0 saturated heterocycles. The Morgan fingerprint density at radius 3 is 2.65 bits per heavy atom. The lowest BCUT2D eigenvalue weighted by atomic mass is 10.3. The van der Waals surface area contributed by atoms with Crippen LogP contribution in [0.15, 0.2) is 23.1 Å². The number of hydrogen-bond acceptors (Lipinski definition) is 7. The number of carbonyl (C=O) groups is 2. The van der Waals surface area contributed by atoms with Gasteiger partial charge in [0.1, 0.15) is 0 Å². The van der Waals surface area contributed by atoms with Gasteiger partial charge in [-0.05, 0) is 18.2 Å². The van der Waals surface area contributed by atoms with Crippen molar-refractivity contribution in [3.8, 4) is 0 Å². The molecule has 1 aromatic carbocycles. The van der Waals surface area contributed by atoms with Gasteiger partial charge in [-0.3, -0.25) is 9.59 Å². The van der Waals surface area contributed by atoms with Gasteiger partial charge < -0.3 is 11.1 Å². The molecule has 1 aromatic heterocycles. The van der Waals surface area contributed by atoms with Crippen LogP contribution in [0.2, 0.25) is 0 Å². The predicted octanol–water partition coefficient (Wildman–Crippen LogP) is -0.571. The summed E-state index contributed by atoms with van der Waals surface area (Å²) in [6, 6.07) is 4.09. The van der Waals surface area contributed by atoms with Crippen molar-refractivity contribution in [2.24, 2.45) is 0 Å². The molecule has 0 bridgehead atoms. The smallest absolute Gasteiger partial charge is 0.322 e. The molecule has 0 aliphatic carbocycles. The number of likely N-dealkylation sites (N-methyl/N-ethyl adjacent to an activating group) is 1. The lowest BCUT2D eigenvalue weighted by molar-refractivity contribution is -0.137. The Morgan fingerprint density at radius 1 is 1.30 bits per heavy atom. The third kappa shape index (κ3) is 2.70. The SMILES string of the molecule is CNC(=O)C(=O)NS(=O)(=O)c1ccc2nc(N)sc2c1. The van der Waals surface area contributed by atoms with E-state index >= 15 is 0 Å². The Morgan fingerprint density at radius 2 is 2.00 bits per heavy atom. The molecule has 0 saturated carbocycles. The predicted molar refractivity (Wildman–Crippen MR) is 73.4 cm³/mol. The number of nitrogens with two attached hydrogens (primary N) is 1. The second kappa shape index (κ2) is 5.06. The van der Waals surface area contributed by atoms with Crippen molar-refractivity contribution < 1.29 is 18.0 Å². The topological polar surface area (TPSA) is 131 Å². The first-order valence-corrected chi connectivity index (χ1v) is 7.58. The minimum Gasteiger partial charge on any atom is -0.375 e. The van der Waals surface area contributed by atoms with Crippen LogP contribution in [0.3, 0.4) is 0 Å². The number of anilines is 1. The van der Waals surface area contributed by atoms with Crippen LogP contribution < -0.4 is 15.8 Å². The van der Waals surface area contributed by atoms with Crippen LogP contribution in [0.25, 0.3) is 10.2 Å². The highest BCUT2D eigenvalue weighted by Gasteiger charge is 2.22. The number of sulfonamides is 1. The first-order chi connectivity index (χ1) is 9.33. The highest BCUT2D eigenvalue weighted by atomic mass is 32.2. The number of hydrogen-bond donors (Lipinski definition) is 3. The number of rotatable bonds is 2. The summed E-state index contributed by atoms with van der Waals surface area (Å²) in [6.45, 7) is 0. The largest absolute Gasteiger partial charge is 0.375 e. The minimum atomic E-state index is -4.12. The normalized spacial score (nSPS) is 11.2. The second-order valence-electron chi connectivity index (χ2n) is 3.70. The van der Waals surface area contributed by atoms with Crippen LogP contribution in [0.4, 0.5) is 5.13 Å². The standard InChI is InChI=1S/C10H10N4O4S2/c1-12-8(15)9(16)14-20(17,18)5-2-3-6-7(4-5)19-10(11)13-6/h2-4H,1H3,(H2,11,13)(H,12,15)(H,14,16). The lowest BCUT2D eigenvalue weighted by Crippen LogP contribution is -2.41. The van der Waals surface area contributed by atoms with Crippen LogP contribution in [0.5, 0.6) is 0 Å². The molecule has 2 rings (SSSR count). The van der Waals surface area contributed by atoms with E-state index in [4.69, 9.17) is 5.73 Å². The summed E-state index contributed by atoms with van der Waals surface area (Å²) >= 11 is 1.12. The van der Waals surface area contributed by atoms with Gasteiger partial charge in [0.25, 0.3) is 10.0 Å². The van der Waals surface area contributed by atoms with Crippen LogP contribution in [-0.2, 0) is 19.6 Å². The zero-order valence-electron chi connectivity index (χ0n) is 10.2. The van der Waals surface area contributed by atoms with Crippen LogP contribution >= 0.6 is 11.3 Å². The molecule has 0 atom stereocenters. The van der Waals surface area contributed by atoms with Crippen molar-refractivity contribution in [3.63, 3.8) is 0 Å². The van der Waals surface area contributed by atoms with Crippen molar-refractivity contribution in [1.29, 1.82) is 0 Å². The van der Waals surface area contributed by atoms with Gasteiger partial charge >= 0.3 is 11.8 Å². The van der Waals surface area contributed by atoms with Gasteiger partial charge in [0, 0.05) is 7.05 Å². The number of amides is 2. The maximum atomic E-state index is 12.0. The Kier molecular flexibility index (Phi) is 3.59. The maximum absolute atomic E-state index is 12.0. The average molecular weight is 314 g/mol. The molecule has 0 radical (unpaired) electrons. The first-order valence-electron chi connectivity index (χ1n) is 5.28. The molecule has 2 amide bonds. The van der Waals surface area contributed by atoms with Crippen molar-refractivity contribution in [2.45, 2.75) is 4.90 Å². The molecule has 106 valence electrons. The van der Waals surface area contributed by atoms with Crippen LogP contribution in [0, 0.1) is 0 Å². The number of fused-ring (bicyclic) bond motifs is 1. The number of thiazole rings is 1. The molecule has 20 heavy (non-hydrogen) atoms. The zero-order valence-corrected chi connectivity index (χ0v) is 11.8. The van der Waals surface area contributed by atoms with Crippen LogP contribution in [0.1, 0.15) is 0 Å². The average Bonchev–Trinajstić information content (AvgIpc) is 2.76. The zero-order chi connectivity index (χ0) is 14.9. The monoisotopic (exact) mass is 314 g/mol. The van der Waals surface area contributed by atoms with Gasteiger partial charge in [-0.25, -0.2) is 18.1 Å². The molecule has 2 aromatic rings. The third-order valence-corrected chi connectivity index (χ3v) is 4.52. The molecule has 0 aliphatic heterocycles. The number of nitrogens with one attached hydrogen (secondary N) is 2. The van der Waals surface area contributed by atoms with Gasteiger partial charge in [0.05, 0.1) is 15.1 Å². The maximum Gasteiger partial charge on any atom is 0.322 e. The molecule has 8 nitrogen and oxygen atoms in total. The van der Waals surface area contributed by atoms with Crippen molar-refractivity contribution >= 4 is 48.5 Å². The van der Waals surface area contributed by atoms with E-state index in [2.05, 4.69) is 4.98 Å². The van der Waals surface area contributed by atoms with E-state index in [1.54, 1.807) is 4.72 Å². The van der Waals surface area contributed by atoms with E-state index in [1.807, 2.05) is 5.32 Å². The third-order valence-electron chi connectivity index (χ3n) is 2.35. The highest BCUT2D eigenvalue weighted by molar-refractivity contribution is 7.90. The molecule has 0 spiro atoms. The molecular weight excluding hydrogens is 304 g/mol. The van der Waals surface area contributed by atoms with Crippen molar-refractivity contribution in [1.82, 2.24) is 15.0 Å². The number of benzene rings is 1. The van der Waals surface area contributed by atoms with E-state index in [-0.39, 0.29) is 4.90 Å². The molecular formula is C10H10N4O4S2. The summed E-state index contributed by atoms with van der Waals surface area (Å²) in [6.07, 6.45) is 0. The summed E-state index contributed by atoms with van der Waals surface area (Å²) in [5.74, 6) is -2.30. The highest BCUT2D eigenvalue weighted by Crippen LogP contribution is 2.26. The Labute approximate surface area is 118 Å². The van der Waals surface area contributed by atoms with Gasteiger partial charge in [0.2, 0.25) is 0 Å². The van der Waals surface area contributed by atoms with Gasteiger partial charge in [-0.2, -0.15) is 0 Å². The van der Waals surface area contributed by atoms with Crippen molar-refractivity contribution in [2.75, 3.05) is 12.8 Å². The molecule has 1 heterocycles. The fourth-order valence-electron chi connectivity index (χ4n) is 1.43. The van der Waals surface area contributed by atoms with Gasteiger partial charge in [-0.15, -0.1) is 0 Å². The van der Waals surface area contributed by atoms with E-state index in [9.17, 15) is 18.0 Å². The fraction of sp³-hybridized carbons (Fsp3) is 0.100. The number of aromatic nitrogens is 1. The summed E-state index contributed by atoms with van der Waals surface area (Å²) in [5, 5.41) is 2.34. The molecule has 0 unspecified atom stereocenters. The summed E-state index contributed by atoms with van der Waals surface area (Å²) in [4.78, 5) is 26.2. The second-order valence-corrected chi connectivity index (χ2v) is 6.44.